The molecule has 0 unspecified atom stereocenters. The van der Waals surface area contributed by atoms with E-state index in [0.717, 1.165) is 22.8 Å². The summed E-state index contributed by atoms with van der Waals surface area (Å²) < 4.78 is 1.03. The van der Waals surface area contributed by atoms with Crippen LogP contribution in [0.3, 0.4) is 0 Å². The molecule has 3 heteroatoms. The van der Waals surface area contributed by atoms with E-state index in [4.69, 9.17) is 0 Å². The number of rotatable bonds is 4. The highest BCUT2D eigenvalue weighted by molar-refractivity contribution is 9.10. The molecule has 0 saturated heterocycles. The maximum absolute atomic E-state index is 4.35. The highest BCUT2D eigenvalue weighted by atomic mass is 79.9. The number of hydrogen-bond donors (Lipinski definition) is 1. The molecular weight excluding hydrogens is 276 g/mol. The minimum absolute atomic E-state index is 0.366. The fourth-order valence-electron chi connectivity index (χ4n) is 2.65. The molecule has 1 aliphatic carbocycles. The number of aromatic nitrogens is 1. The normalized spacial score (nSPS) is 17.4. The molecule has 1 fully saturated rings. The zero-order valence-electron chi connectivity index (χ0n) is 10.7. The molecule has 0 aliphatic heterocycles. The lowest BCUT2D eigenvalue weighted by Crippen LogP contribution is -2.30. The van der Waals surface area contributed by atoms with Gasteiger partial charge in [-0.3, -0.25) is 0 Å². The molecule has 1 heterocycles. The molecular formula is C14H21BrN2. The van der Waals surface area contributed by atoms with Gasteiger partial charge in [-0.05, 0) is 52.2 Å². The van der Waals surface area contributed by atoms with Gasteiger partial charge in [0, 0.05) is 17.2 Å². The van der Waals surface area contributed by atoms with Gasteiger partial charge in [0.15, 0.2) is 0 Å². The van der Waals surface area contributed by atoms with Gasteiger partial charge in [-0.15, -0.1) is 0 Å². The Bertz CT molecular complexity index is 353. The number of nitrogens with one attached hydrogen (secondary N) is 1. The number of pyridine rings is 1. The molecule has 0 radical (unpaired) electrons. The first-order chi connectivity index (χ1) is 8.08. The van der Waals surface area contributed by atoms with E-state index in [1.165, 1.54) is 25.7 Å². The van der Waals surface area contributed by atoms with Crippen molar-refractivity contribution in [2.75, 3.05) is 11.9 Å². The van der Waals surface area contributed by atoms with E-state index < -0.39 is 0 Å². The monoisotopic (exact) mass is 296 g/mol. The van der Waals surface area contributed by atoms with Crippen LogP contribution in [-0.4, -0.2) is 11.5 Å². The zero-order valence-corrected chi connectivity index (χ0v) is 12.3. The van der Waals surface area contributed by atoms with Gasteiger partial charge in [-0.2, -0.15) is 0 Å². The lowest BCUT2D eigenvalue weighted by atomic mass is 9.78. The Kier molecular flexibility index (Phi) is 4.08. The van der Waals surface area contributed by atoms with E-state index in [0.29, 0.717) is 5.41 Å². The first-order valence-corrected chi connectivity index (χ1v) is 7.23. The number of nitrogens with zero attached hydrogens (tertiary/aromatic N) is 1. The van der Waals surface area contributed by atoms with Crippen LogP contribution in [0, 0.1) is 11.3 Å². The van der Waals surface area contributed by atoms with Gasteiger partial charge < -0.3 is 5.32 Å². The molecule has 1 N–H and O–H groups in total. The SMILES string of the molecule is CC(C)(CNc1ccc(Br)cn1)C1CCCC1. The largest absolute Gasteiger partial charge is 0.370 e. The Morgan fingerprint density at radius 1 is 1.35 bits per heavy atom. The molecule has 0 atom stereocenters. The van der Waals surface area contributed by atoms with Gasteiger partial charge in [0.05, 0.1) is 0 Å². The number of hydrogen-bond acceptors (Lipinski definition) is 2. The highest BCUT2D eigenvalue weighted by Crippen LogP contribution is 2.39. The molecule has 0 spiro atoms. The lowest BCUT2D eigenvalue weighted by molar-refractivity contribution is 0.234. The Hall–Kier alpha value is -0.570. The van der Waals surface area contributed by atoms with Crippen molar-refractivity contribution >= 4 is 21.7 Å². The second-order valence-corrected chi connectivity index (χ2v) is 6.60. The molecule has 0 amide bonds. The fraction of sp³-hybridized carbons (Fsp3) is 0.643. The van der Waals surface area contributed by atoms with Crippen molar-refractivity contribution in [2.45, 2.75) is 39.5 Å². The summed E-state index contributed by atoms with van der Waals surface area (Å²) in [4.78, 5) is 4.35. The second-order valence-electron chi connectivity index (χ2n) is 5.69. The third kappa shape index (κ3) is 3.44. The molecule has 1 aromatic heterocycles. The highest BCUT2D eigenvalue weighted by Gasteiger charge is 2.31. The summed E-state index contributed by atoms with van der Waals surface area (Å²) >= 11 is 3.40. The summed E-state index contributed by atoms with van der Waals surface area (Å²) in [5.41, 5.74) is 0.366. The average molecular weight is 297 g/mol. The Balaban J connectivity index is 1.90. The standard InChI is InChI=1S/C14H21BrN2/c1-14(2,11-5-3-4-6-11)10-17-13-8-7-12(15)9-16-13/h7-9,11H,3-6,10H2,1-2H3,(H,16,17). The molecule has 1 saturated carbocycles. The Morgan fingerprint density at radius 3 is 2.65 bits per heavy atom. The van der Waals surface area contributed by atoms with Crippen LogP contribution in [0.15, 0.2) is 22.8 Å². The topological polar surface area (TPSA) is 24.9 Å². The second kappa shape index (κ2) is 5.38. The molecule has 1 aliphatic rings. The number of halogens is 1. The molecule has 94 valence electrons. The van der Waals surface area contributed by atoms with E-state index in [1.807, 2.05) is 18.3 Å². The van der Waals surface area contributed by atoms with Crippen molar-refractivity contribution in [3.05, 3.63) is 22.8 Å². The summed E-state index contributed by atoms with van der Waals surface area (Å²) in [5.74, 6) is 1.84. The molecule has 0 aromatic carbocycles. The summed E-state index contributed by atoms with van der Waals surface area (Å²) in [6.07, 6.45) is 7.44. The quantitative estimate of drug-likeness (QED) is 0.886. The van der Waals surface area contributed by atoms with Crippen LogP contribution in [0.5, 0.6) is 0 Å². The van der Waals surface area contributed by atoms with Crippen molar-refractivity contribution in [3.63, 3.8) is 0 Å². The summed E-state index contributed by atoms with van der Waals surface area (Å²) in [6, 6.07) is 4.05. The average Bonchev–Trinajstić information content (AvgIpc) is 2.82. The van der Waals surface area contributed by atoms with E-state index in [9.17, 15) is 0 Å². The molecule has 2 rings (SSSR count). The first-order valence-electron chi connectivity index (χ1n) is 6.43. The Labute approximate surface area is 112 Å². The van der Waals surface area contributed by atoms with E-state index in [2.05, 4.69) is 40.1 Å². The van der Waals surface area contributed by atoms with Gasteiger partial charge >= 0.3 is 0 Å². The third-order valence-electron chi connectivity index (χ3n) is 3.91. The third-order valence-corrected chi connectivity index (χ3v) is 4.38. The predicted molar refractivity (Wildman–Crippen MR) is 76.2 cm³/mol. The molecule has 2 nitrogen and oxygen atoms in total. The van der Waals surface area contributed by atoms with Gasteiger partial charge in [-0.25, -0.2) is 4.98 Å². The fourth-order valence-corrected chi connectivity index (χ4v) is 2.88. The minimum Gasteiger partial charge on any atom is -0.370 e. The van der Waals surface area contributed by atoms with E-state index >= 15 is 0 Å². The van der Waals surface area contributed by atoms with Crippen LogP contribution in [0.1, 0.15) is 39.5 Å². The maximum Gasteiger partial charge on any atom is 0.125 e. The maximum atomic E-state index is 4.35. The van der Waals surface area contributed by atoms with Gasteiger partial charge in [0.25, 0.3) is 0 Å². The van der Waals surface area contributed by atoms with Crippen LogP contribution in [0.25, 0.3) is 0 Å². The summed E-state index contributed by atoms with van der Waals surface area (Å²) in [7, 11) is 0. The van der Waals surface area contributed by atoms with Crippen LogP contribution < -0.4 is 5.32 Å². The lowest BCUT2D eigenvalue weighted by Gasteiger charge is -2.32. The first kappa shape index (κ1) is 12.9. The van der Waals surface area contributed by atoms with E-state index in [1.54, 1.807) is 0 Å². The molecule has 1 aromatic rings. The van der Waals surface area contributed by atoms with Crippen molar-refractivity contribution in [3.8, 4) is 0 Å². The van der Waals surface area contributed by atoms with Crippen LogP contribution >= 0.6 is 15.9 Å². The van der Waals surface area contributed by atoms with E-state index in [-0.39, 0.29) is 0 Å². The van der Waals surface area contributed by atoms with Gasteiger partial charge in [0.2, 0.25) is 0 Å². The van der Waals surface area contributed by atoms with Crippen LogP contribution in [0.4, 0.5) is 5.82 Å². The summed E-state index contributed by atoms with van der Waals surface area (Å²) in [6.45, 7) is 5.75. The smallest absolute Gasteiger partial charge is 0.125 e. The number of anilines is 1. The minimum atomic E-state index is 0.366. The van der Waals surface area contributed by atoms with Gasteiger partial charge in [0.1, 0.15) is 5.82 Å². The zero-order chi connectivity index (χ0) is 12.3. The van der Waals surface area contributed by atoms with Crippen LogP contribution in [0.2, 0.25) is 0 Å². The van der Waals surface area contributed by atoms with Crippen molar-refractivity contribution in [1.82, 2.24) is 4.98 Å². The molecule has 17 heavy (non-hydrogen) atoms. The molecule has 0 bridgehead atoms. The summed E-state index contributed by atoms with van der Waals surface area (Å²) in [5, 5.41) is 3.46. The van der Waals surface area contributed by atoms with Crippen LogP contribution in [-0.2, 0) is 0 Å². The Morgan fingerprint density at radius 2 is 2.06 bits per heavy atom. The predicted octanol–water partition coefficient (Wildman–Crippen LogP) is 4.47. The van der Waals surface area contributed by atoms with Gasteiger partial charge in [-0.1, -0.05) is 26.7 Å². The van der Waals surface area contributed by atoms with Crippen molar-refractivity contribution in [2.24, 2.45) is 11.3 Å². The van der Waals surface area contributed by atoms with Crippen molar-refractivity contribution < 1.29 is 0 Å². The van der Waals surface area contributed by atoms with Crippen molar-refractivity contribution in [1.29, 1.82) is 0 Å².